The highest BCUT2D eigenvalue weighted by molar-refractivity contribution is 7.52. The smallest absolute Gasteiger partial charge is 0.461 e. The van der Waals surface area contributed by atoms with Crippen LogP contribution in [0.25, 0.3) is 0 Å². The molecule has 0 unspecified atom stereocenters. The molecule has 0 aliphatic carbocycles. The number of benzene rings is 1. The quantitative estimate of drug-likeness (QED) is 0.789. The Balaban J connectivity index is 1.81. The molecule has 1 aromatic carbocycles. The SMILES string of the molecule is COc1cccc(O[P@@]2(=O)OC[C@@H]3CCCN32)c1. The maximum Gasteiger partial charge on any atom is 0.461 e. The summed E-state index contributed by atoms with van der Waals surface area (Å²) in [6, 6.07) is 7.34. The standard InChI is InChI=1S/C12H16NO4P/c1-15-11-5-2-6-12(8-11)17-18(14)13-7-3-4-10(13)9-16-18/h2,5-6,8,10H,3-4,7,9H2,1H3/t10-,18-/m0/s1. The van der Waals surface area contributed by atoms with Gasteiger partial charge in [0.1, 0.15) is 11.5 Å². The molecule has 98 valence electrons. The number of methoxy groups -OCH3 is 1. The zero-order chi connectivity index (χ0) is 12.6. The molecule has 0 N–H and O–H groups in total. The first-order chi connectivity index (χ1) is 8.71. The zero-order valence-electron chi connectivity index (χ0n) is 10.2. The van der Waals surface area contributed by atoms with Crippen LogP contribution < -0.4 is 9.26 Å². The fourth-order valence-electron chi connectivity index (χ4n) is 2.44. The monoisotopic (exact) mass is 269 g/mol. The van der Waals surface area contributed by atoms with Gasteiger partial charge < -0.3 is 9.26 Å². The van der Waals surface area contributed by atoms with Crippen molar-refractivity contribution in [2.24, 2.45) is 0 Å². The van der Waals surface area contributed by atoms with E-state index in [0.29, 0.717) is 18.1 Å². The lowest BCUT2D eigenvalue weighted by Gasteiger charge is -2.21. The number of hydrogen-bond acceptors (Lipinski definition) is 4. The summed E-state index contributed by atoms with van der Waals surface area (Å²) in [7, 11) is -1.56. The van der Waals surface area contributed by atoms with Crippen molar-refractivity contribution >= 4 is 7.75 Å². The predicted molar refractivity (Wildman–Crippen MR) is 66.9 cm³/mol. The van der Waals surface area contributed by atoms with Gasteiger partial charge in [-0.25, -0.2) is 4.57 Å². The van der Waals surface area contributed by atoms with E-state index in [1.54, 1.807) is 25.3 Å². The molecule has 0 radical (unpaired) electrons. The number of rotatable bonds is 3. The van der Waals surface area contributed by atoms with E-state index >= 15 is 0 Å². The lowest BCUT2D eigenvalue weighted by Crippen LogP contribution is -2.22. The minimum Gasteiger partial charge on any atom is -0.497 e. The van der Waals surface area contributed by atoms with Crippen molar-refractivity contribution in [1.29, 1.82) is 0 Å². The molecule has 18 heavy (non-hydrogen) atoms. The third-order valence-corrected chi connectivity index (χ3v) is 5.43. The van der Waals surface area contributed by atoms with E-state index in [1.807, 2.05) is 10.7 Å². The molecule has 1 aromatic rings. The molecule has 2 aliphatic heterocycles. The Hall–Kier alpha value is -1.03. The number of ether oxygens (including phenoxy) is 1. The number of fused-ring (bicyclic) bond motifs is 1. The molecule has 2 atom stereocenters. The Labute approximate surface area is 106 Å². The topological polar surface area (TPSA) is 48.0 Å². The zero-order valence-corrected chi connectivity index (χ0v) is 11.1. The molecule has 3 rings (SSSR count). The molecule has 2 saturated heterocycles. The molecule has 0 amide bonds. The Morgan fingerprint density at radius 3 is 3.11 bits per heavy atom. The third kappa shape index (κ3) is 2.03. The molecular formula is C12H16NO4P. The molecule has 0 bridgehead atoms. The van der Waals surface area contributed by atoms with Crippen molar-refractivity contribution in [3.05, 3.63) is 24.3 Å². The van der Waals surface area contributed by atoms with Gasteiger partial charge in [0.25, 0.3) is 0 Å². The van der Waals surface area contributed by atoms with E-state index in [1.165, 1.54) is 0 Å². The molecule has 6 heteroatoms. The largest absolute Gasteiger partial charge is 0.497 e. The van der Waals surface area contributed by atoms with Crippen LogP contribution in [0, 0.1) is 0 Å². The summed E-state index contributed by atoms with van der Waals surface area (Å²) in [6.07, 6.45) is 2.09. The van der Waals surface area contributed by atoms with Gasteiger partial charge in [-0.3, -0.25) is 4.52 Å². The highest BCUT2D eigenvalue weighted by atomic mass is 31.2. The second kappa shape index (κ2) is 4.57. The van der Waals surface area contributed by atoms with Crippen molar-refractivity contribution in [3.8, 4) is 11.5 Å². The van der Waals surface area contributed by atoms with Crippen molar-refractivity contribution in [3.63, 3.8) is 0 Å². The van der Waals surface area contributed by atoms with Crippen LogP contribution in [0.3, 0.4) is 0 Å². The van der Waals surface area contributed by atoms with E-state index in [4.69, 9.17) is 13.8 Å². The van der Waals surface area contributed by atoms with Gasteiger partial charge in [0, 0.05) is 18.7 Å². The van der Waals surface area contributed by atoms with E-state index in [2.05, 4.69) is 0 Å². The average Bonchev–Trinajstić information content (AvgIpc) is 2.95. The first kappa shape index (κ1) is 12.0. The van der Waals surface area contributed by atoms with Gasteiger partial charge in [0.15, 0.2) is 0 Å². The summed E-state index contributed by atoms with van der Waals surface area (Å²) in [5.74, 6) is 1.20. The summed E-state index contributed by atoms with van der Waals surface area (Å²) in [5, 5.41) is 0. The fraction of sp³-hybridized carbons (Fsp3) is 0.500. The minimum atomic E-state index is -3.15. The second-order valence-electron chi connectivity index (χ2n) is 4.49. The van der Waals surface area contributed by atoms with Crippen molar-refractivity contribution in [2.45, 2.75) is 18.9 Å². The van der Waals surface area contributed by atoms with Gasteiger partial charge in [0.2, 0.25) is 0 Å². The van der Waals surface area contributed by atoms with Gasteiger partial charge in [-0.15, -0.1) is 0 Å². The van der Waals surface area contributed by atoms with Crippen LogP contribution >= 0.6 is 7.75 Å². The third-order valence-electron chi connectivity index (χ3n) is 3.35. The second-order valence-corrected chi connectivity index (χ2v) is 6.39. The molecule has 0 saturated carbocycles. The van der Waals surface area contributed by atoms with E-state index in [-0.39, 0.29) is 6.04 Å². The molecule has 2 aliphatic rings. The van der Waals surface area contributed by atoms with Crippen LogP contribution in [0.1, 0.15) is 12.8 Å². The number of hydrogen-bond donors (Lipinski definition) is 0. The van der Waals surface area contributed by atoms with Crippen LogP contribution in [0.15, 0.2) is 24.3 Å². The first-order valence-electron chi connectivity index (χ1n) is 6.07. The van der Waals surface area contributed by atoms with Gasteiger partial charge in [-0.1, -0.05) is 6.07 Å². The maximum atomic E-state index is 12.6. The van der Waals surface area contributed by atoms with Gasteiger partial charge in [-0.2, -0.15) is 4.67 Å². The normalized spacial score (nSPS) is 31.3. The molecule has 2 fully saturated rings. The summed E-state index contributed by atoms with van der Waals surface area (Å²) in [6.45, 7) is 1.28. The fourth-order valence-corrected chi connectivity index (χ4v) is 4.45. The Morgan fingerprint density at radius 1 is 1.44 bits per heavy atom. The summed E-state index contributed by atoms with van der Waals surface area (Å²) in [5.41, 5.74) is 0. The molecule has 5 nitrogen and oxygen atoms in total. The van der Waals surface area contributed by atoms with Gasteiger partial charge >= 0.3 is 7.75 Å². The summed E-state index contributed by atoms with van der Waals surface area (Å²) < 4.78 is 30.6. The Morgan fingerprint density at radius 2 is 2.28 bits per heavy atom. The van der Waals surface area contributed by atoms with Crippen LogP contribution in [-0.2, 0) is 9.09 Å². The molecule has 0 spiro atoms. The van der Waals surface area contributed by atoms with Crippen molar-refractivity contribution in [1.82, 2.24) is 4.67 Å². The molecule has 0 aromatic heterocycles. The van der Waals surface area contributed by atoms with E-state index in [9.17, 15) is 4.57 Å². The van der Waals surface area contributed by atoms with Crippen LogP contribution in [0.2, 0.25) is 0 Å². The molecule has 2 heterocycles. The van der Waals surface area contributed by atoms with Crippen molar-refractivity contribution < 1.29 is 18.3 Å². The highest BCUT2D eigenvalue weighted by Gasteiger charge is 2.49. The van der Waals surface area contributed by atoms with Gasteiger partial charge in [0.05, 0.1) is 13.7 Å². The van der Waals surface area contributed by atoms with E-state index < -0.39 is 7.75 Å². The van der Waals surface area contributed by atoms with E-state index in [0.717, 1.165) is 19.4 Å². The maximum absolute atomic E-state index is 12.6. The average molecular weight is 269 g/mol. The van der Waals surface area contributed by atoms with Crippen LogP contribution in [0.4, 0.5) is 0 Å². The first-order valence-corrected chi connectivity index (χ1v) is 7.56. The summed E-state index contributed by atoms with van der Waals surface area (Å²) in [4.78, 5) is 0. The Bertz CT molecular complexity index is 493. The molecular weight excluding hydrogens is 253 g/mol. The lowest BCUT2D eigenvalue weighted by molar-refractivity contribution is 0.287. The predicted octanol–water partition coefficient (Wildman–Crippen LogP) is 2.68. The van der Waals surface area contributed by atoms with Crippen molar-refractivity contribution in [2.75, 3.05) is 20.3 Å². The van der Waals surface area contributed by atoms with Gasteiger partial charge in [-0.05, 0) is 25.0 Å². The Kier molecular flexibility index (Phi) is 3.06. The number of nitrogens with zero attached hydrogens (tertiary/aromatic N) is 1. The van der Waals surface area contributed by atoms with Crippen LogP contribution in [0.5, 0.6) is 11.5 Å². The highest BCUT2D eigenvalue weighted by Crippen LogP contribution is 2.59. The summed E-state index contributed by atoms with van der Waals surface area (Å²) >= 11 is 0. The minimum absolute atomic E-state index is 0.251. The van der Waals surface area contributed by atoms with Crippen LogP contribution in [-0.4, -0.2) is 31.0 Å². The lowest BCUT2D eigenvalue weighted by atomic mass is 10.2.